The molecule has 3 aliphatic rings. The molecular formula is C24H34N2O3. The van der Waals surface area contributed by atoms with Crippen LogP contribution in [0.25, 0.3) is 0 Å². The van der Waals surface area contributed by atoms with Crippen molar-refractivity contribution in [2.45, 2.75) is 76.8 Å². The third-order valence-electron chi connectivity index (χ3n) is 7.58. The number of esters is 1. The minimum atomic E-state index is -0.628. The van der Waals surface area contributed by atoms with E-state index in [1.54, 1.807) is 0 Å². The molecule has 158 valence electrons. The fraction of sp³-hybridized carbons (Fsp3) is 0.667. The fourth-order valence-corrected chi connectivity index (χ4v) is 6.14. The van der Waals surface area contributed by atoms with Gasteiger partial charge >= 0.3 is 5.97 Å². The van der Waals surface area contributed by atoms with E-state index in [1.807, 2.05) is 19.9 Å². The number of carbonyl (C=O) groups excluding carboxylic acids is 2. The number of benzene rings is 1. The van der Waals surface area contributed by atoms with Crippen LogP contribution < -0.4 is 10.1 Å². The minimum absolute atomic E-state index is 0.0278. The van der Waals surface area contributed by atoms with Gasteiger partial charge in [0, 0.05) is 18.4 Å². The Balaban J connectivity index is 1.63. The van der Waals surface area contributed by atoms with E-state index in [4.69, 9.17) is 4.74 Å². The highest BCUT2D eigenvalue weighted by molar-refractivity contribution is 5.84. The van der Waals surface area contributed by atoms with Gasteiger partial charge in [-0.05, 0) is 74.4 Å². The standard InChI is InChI=1S/C24H34N2O3/c1-15(2)22(25-16(3)27)23(28)29-18-9-8-17-13-21-19-7-5-6-10-24(19,20(17)14-18)11-12-26(21)4/h8-9,14-15,19,21-22H,5-7,10-13H2,1-4H3,(H,25,27)/t19-,21+,22-,24+/m1/s1. The van der Waals surface area contributed by atoms with E-state index in [0.717, 1.165) is 13.0 Å². The summed E-state index contributed by atoms with van der Waals surface area (Å²) in [5.41, 5.74) is 3.07. The smallest absolute Gasteiger partial charge is 0.334 e. The average molecular weight is 399 g/mol. The van der Waals surface area contributed by atoms with Gasteiger partial charge in [0.2, 0.25) is 5.91 Å². The molecule has 1 amide bonds. The first-order valence-electron chi connectivity index (χ1n) is 11.1. The van der Waals surface area contributed by atoms with E-state index in [9.17, 15) is 9.59 Å². The van der Waals surface area contributed by atoms with Crippen LogP contribution in [0.3, 0.4) is 0 Å². The lowest BCUT2D eigenvalue weighted by atomic mass is 9.52. The molecule has 4 atom stereocenters. The molecule has 4 rings (SSSR count). The second kappa shape index (κ2) is 7.75. The topological polar surface area (TPSA) is 58.6 Å². The summed E-state index contributed by atoms with van der Waals surface area (Å²) in [6.45, 7) is 6.40. The molecule has 1 N–H and O–H groups in total. The predicted molar refractivity (Wildman–Crippen MR) is 113 cm³/mol. The normalized spacial score (nSPS) is 29.6. The minimum Gasteiger partial charge on any atom is -0.425 e. The van der Waals surface area contributed by atoms with Crippen LogP contribution >= 0.6 is 0 Å². The van der Waals surface area contributed by atoms with Crippen LogP contribution in [-0.4, -0.2) is 42.5 Å². The number of amides is 1. The highest BCUT2D eigenvalue weighted by Gasteiger charge is 2.53. The van der Waals surface area contributed by atoms with E-state index >= 15 is 0 Å². The number of rotatable bonds is 4. The van der Waals surface area contributed by atoms with Gasteiger partial charge in [-0.25, -0.2) is 4.79 Å². The Kier molecular flexibility index (Phi) is 5.45. The Morgan fingerprint density at radius 3 is 2.76 bits per heavy atom. The summed E-state index contributed by atoms with van der Waals surface area (Å²) >= 11 is 0. The number of likely N-dealkylation sites (tertiary alicyclic amines) is 1. The number of hydrogen-bond donors (Lipinski definition) is 1. The first kappa shape index (κ1) is 20.4. The summed E-state index contributed by atoms with van der Waals surface area (Å²) < 4.78 is 5.78. The molecule has 29 heavy (non-hydrogen) atoms. The van der Waals surface area contributed by atoms with E-state index in [1.165, 1.54) is 50.2 Å². The molecule has 1 saturated heterocycles. The number of ether oxygens (including phenoxy) is 1. The molecule has 1 heterocycles. The van der Waals surface area contributed by atoms with Crippen molar-refractivity contribution in [3.05, 3.63) is 29.3 Å². The highest BCUT2D eigenvalue weighted by atomic mass is 16.5. The van der Waals surface area contributed by atoms with Crippen LogP contribution in [0.15, 0.2) is 18.2 Å². The second-order valence-electron chi connectivity index (χ2n) is 9.67. The molecule has 0 unspecified atom stereocenters. The molecule has 1 aromatic rings. The molecule has 2 aliphatic carbocycles. The number of hydrogen-bond acceptors (Lipinski definition) is 4. The van der Waals surface area contributed by atoms with Gasteiger partial charge in [-0.3, -0.25) is 4.79 Å². The zero-order chi connectivity index (χ0) is 20.8. The van der Waals surface area contributed by atoms with Crippen LogP contribution in [0.5, 0.6) is 5.75 Å². The van der Waals surface area contributed by atoms with Gasteiger partial charge in [-0.2, -0.15) is 0 Å². The third-order valence-corrected chi connectivity index (χ3v) is 7.58. The van der Waals surface area contributed by atoms with Crippen molar-refractivity contribution in [3.8, 4) is 5.75 Å². The average Bonchev–Trinajstić information content (AvgIpc) is 2.69. The molecule has 0 radical (unpaired) electrons. The van der Waals surface area contributed by atoms with Crippen molar-refractivity contribution >= 4 is 11.9 Å². The molecule has 1 aromatic carbocycles. The maximum Gasteiger partial charge on any atom is 0.334 e. The van der Waals surface area contributed by atoms with Crippen molar-refractivity contribution in [1.29, 1.82) is 0 Å². The predicted octanol–water partition coefficient (Wildman–Crippen LogP) is 3.44. The van der Waals surface area contributed by atoms with Crippen LogP contribution in [0, 0.1) is 11.8 Å². The summed E-state index contributed by atoms with van der Waals surface area (Å²) in [6, 6.07) is 6.24. The Hall–Kier alpha value is -1.88. The van der Waals surface area contributed by atoms with Gasteiger partial charge in [0.25, 0.3) is 0 Å². The maximum atomic E-state index is 12.8. The molecule has 5 nitrogen and oxygen atoms in total. The van der Waals surface area contributed by atoms with Crippen molar-refractivity contribution in [1.82, 2.24) is 10.2 Å². The summed E-state index contributed by atoms with van der Waals surface area (Å²) in [5, 5.41) is 2.73. The summed E-state index contributed by atoms with van der Waals surface area (Å²) in [7, 11) is 2.28. The van der Waals surface area contributed by atoms with Gasteiger partial charge in [-0.1, -0.05) is 32.8 Å². The number of piperidine rings is 1. The van der Waals surface area contributed by atoms with Gasteiger partial charge < -0.3 is 15.0 Å². The van der Waals surface area contributed by atoms with E-state index < -0.39 is 6.04 Å². The van der Waals surface area contributed by atoms with Gasteiger partial charge in [0.1, 0.15) is 11.8 Å². The molecule has 2 fully saturated rings. The summed E-state index contributed by atoms with van der Waals surface area (Å²) in [6.07, 6.45) is 7.44. The van der Waals surface area contributed by atoms with E-state index in [2.05, 4.69) is 29.4 Å². The molecule has 1 saturated carbocycles. The molecule has 5 heteroatoms. The van der Waals surface area contributed by atoms with E-state index in [0.29, 0.717) is 17.7 Å². The molecule has 0 aromatic heterocycles. The van der Waals surface area contributed by atoms with Gasteiger partial charge in [0.05, 0.1) is 0 Å². The van der Waals surface area contributed by atoms with Crippen LogP contribution in [0.4, 0.5) is 0 Å². The summed E-state index contributed by atoms with van der Waals surface area (Å²) in [4.78, 5) is 26.8. The quantitative estimate of drug-likeness (QED) is 0.623. The van der Waals surface area contributed by atoms with Crippen LogP contribution in [0.1, 0.15) is 64.0 Å². The molecule has 1 aliphatic heterocycles. The van der Waals surface area contributed by atoms with Crippen LogP contribution in [-0.2, 0) is 21.4 Å². The van der Waals surface area contributed by atoms with E-state index in [-0.39, 0.29) is 23.2 Å². The zero-order valence-electron chi connectivity index (χ0n) is 18.2. The number of carbonyl (C=O) groups is 2. The van der Waals surface area contributed by atoms with Crippen molar-refractivity contribution < 1.29 is 14.3 Å². The lowest BCUT2D eigenvalue weighted by molar-refractivity contribution is -0.140. The number of fused-ring (bicyclic) bond motifs is 1. The Labute approximate surface area is 174 Å². The first-order chi connectivity index (χ1) is 13.8. The SMILES string of the molecule is CC(=O)N[C@@H](C(=O)Oc1ccc2c(c1)[C@]13CCCC[C@@H]1[C@H](C2)N(C)CC3)C(C)C. The second-order valence-corrected chi connectivity index (χ2v) is 9.67. The first-order valence-corrected chi connectivity index (χ1v) is 11.1. The largest absolute Gasteiger partial charge is 0.425 e. The van der Waals surface area contributed by atoms with Crippen molar-refractivity contribution in [2.24, 2.45) is 11.8 Å². The fourth-order valence-electron chi connectivity index (χ4n) is 6.14. The van der Waals surface area contributed by atoms with Crippen molar-refractivity contribution in [2.75, 3.05) is 13.6 Å². The molecule has 2 bridgehead atoms. The Morgan fingerprint density at radius 1 is 1.24 bits per heavy atom. The summed E-state index contributed by atoms with van der Waals surface area (Å²) in [5.74, 6) is 0.689. The third kappa shape index (κ3) is 3.58. The highest BCUT2D eigenvalue weighted by Crippen LogP contribution is 2.55. The molecule has 0 spiro atoms. The van der Waals surface area contributed by atoms with Crippen LogP contribution in [0.2, 0.25) is 0 Å². The molecular weight excluding hydrogens is 364 g/mol. The van der Waals surface area contributed by atoms with Gasteiger partial charge in [-0.15, -0.1) is 0 Å². The Bertz CT molecular complexity index is 805. The Morgan fingerprint density at radius 2 is 2.03 bits per heavy atom. The number of likely N-dealkylation sites (N-methyl/N-ethyl adjacent to an activating group) is 1. The monoisotopic (exact) mass is 398 g/mol. The number of nitrogens with one attached hydrogen (secondary N) is 1. The number of nitrogens with zero attached hydrogens (tertiary/aromatic N) is 1. The maximum absolute atomic E-state index is 12.8. The zero-order valence-corrected chi connectivity index (χ0v) is 18.2. The van der Waals surface area contributed by atoms with Gasteiger partial charge in [0.15, 0.2) is 0 Å². The lowest BCUT2D eigenvalue weighted by Gasteiger charge is -2.58. The lowest BCUT2D eigenvalue weighted by Crippen LogP contribution is -2.59. The van der Waals surface area contributed by atoms with Crippen molar-refractivity contribution in [3.63, 3.8) is 0 Å².